The molecule has 2 aromatic carbocycles. The Morgan fingerprint density at radius 3 is 2.43 bits per heavy atom. The van der Waals surface area contributed by atoms with Gasteiger partial charge in [0.05, 0.1) is 23.2 Å². The summed E-state index contributed by atoms with van der Waals surface area (Å²) < 4.78 is 3.40. The molecule has 10 heteroatoms. The van der Waals surface area contributed by atoms with Gasteiger partial charge in [-0.3, -0.25) is 19.1 Å². The van der Waals surface area contributed by atoms with E-state index in [9.17, 15) is 14.7 Å². The van der Waals surface area contributed by atoms with E-state index in [0.717, 1.165) is 43.3 Å². The van der Waals surface area contributed by atoms with Gasteiger partial charge < -0.3 is 14.6 Å². The van der Waals surface area contributed by atoms with Crippen LogP contribution in [0.3, 0.4) is 0 Å². The number of likely N-dealkylation sites (tertiary alicyclic amines) is 2. The van der Waals surface area contributed by atoms with E-state index in [0.29, 0.717) is 37.0 Å². The molecule has 1 amide bonds. The summed E-state index contributed by atoms with van der Waals surface area (Å²) in [6.07, 6.45) is 6.73. The van der Waals surface area contributed by atoms with Crippen molar-refractivity contribution in [3.63, 3.8) is 0 Å². The molecule has 10 nitrogen and oxygen atoms in total. The third-order valence-electron chi connectivity index (χ3n) is 9.64. The summed E-state index contributed by atoms with van der Waals surface area (Å²) >= 11 is 0. The molecule has 3 aromatic heterocycles. The molecule has 0 unspecified atom stereocenters. The van der Waals surface area contributed by atoms with E-state index in [-0.39, 0.29) is 29.8 Å². The maximum atomic E-state index is 14.1. The van der Waals surface area contributed by atoms with Crippen LogP contribution in [-0.4, -0.2) is 76.7 Å². The quantitative estimate of drug-likeness (QED) is 0.295. The third-order valence-corrected chi connectivity index (χ3v) is 9.64. The maximum absolute atomic E-state index is 14.1. The van der Waals surface area contributed by atoms with Crippen LogP contribution in [0, 0.1) is 12.8 Å². The molecular formula is C36H39N7O3. The lowest BCUT2D eigenvalue weighted by molar-refractivity contribution is -0.142. The summed E-state index contributed by atoms with van der Waals surface area (Å²) in [4.78, 5) is 45.2. The van der Waals surface area contributed by atoms with E-state index in [2.05, 4.69) is 32.0 Å². The smallest absolute Gasteiger partial charge is 0.262 e. The number of fused-ring (bicyclic) bond motifs is 1. The molecule has 5 aromatic rings. The van der Waals surface area contributed by atoms with E-state index in [1.165, 1.54) is 16.5 Å². The molecule has 0 radical (unpaired) electrons. The second kappa shape index (κ2) is 12.6. The monoisotopic (exact) mass is 617 g/mol. The van der Waals surface area contributed by atoms with Crippen molar-refractivity contribution in [2.45, 2.75) is 50.8 Å². The lowest BCUT2D eigenvalue weighted by Gasteiger charge is -2.43. The van der Waals surface area contributed by atoms with Gasteiger partial charge in [-0.1, -0.05) is 48.5 Å². The van der Waals surface area contributed by atoms with Crippen LogP contribution >= 0.6 is 0 Å². The van der Waals surface area contributed by atoms with Gasteiger partial charge in [0.2, 0.25) is 5.91 Å². The number of nitrogens with zero attached hydrogens (tertiary/aromatic N) is 7. The molecule has 0 spiro atoms. The van der Waals surface area contributed by atoms with Crippen LogP contribution < -0.4 is 5.56 Å². The first kappa shape index (κ1) is 30.0. The van der Waals surface area contributed by atoms with Crippen molar-refractivity contribution in [2.75, 3.05) is 26.2 Å². The zero-order chi connectivity index (χ0) is 31.7. The Labute approximate surface area is 268 Å². The third kappa shape index (κ3) is 6.10. The highest BCUT2D eigenvalue weighted by Crippen LogP contribution is 2.36. The van der Waals surface area contributed by atoms with Gasteiger partial charge in [-0.2, -0.15) is 0 Å². The molecule has 2 fully saturated rings. The lowest BCUT2D eigenvalue weighted by Crippen LogP contribution is -2.53. The van der Waals surface area contributed by atoms with Crippen LogP contribution in [0.15, 0.2) is 96.3 Å². The van der Waals surface area contributed by atoms with Crippen molar-refractivity contribution in [1.82, 2.24) is 33.9 Å². The molecule has 2 atom stereocenters. The number of rotatable bonds is 7. The average molecular weight is 618 g/mol. The van der Waals surface area contributed by atoms with Crippen LogP contribution in [-0.2, 0) is 17.9 Å². The summed E-state index contributed by atoms with van der Waals surface area (Å²) in [5.41, 5.74) is 2.39. The molecule has 7 rings (SSSR count). The second-order valence-corrected chi connectivity index (χ2v) is 12.7. The van der Waals surface area contributed by atoms with Crippen molar-refractivity contribution < 1.29 is 9.90 Å². The molecule has 1 N–H and O–H groups in total. The second-order valence-electron chi connectivity index (χ2n) is 12.7. The fraction of sp³-hybridized carbons (Fsp3) is 0.361. The number of aryl methyl sites for hydroxylation is 1. The predicted molar refractivity (Wildman–Crippen MR) is 175 cm³/mol. The van der Waals surface area contributed by atoms with E-state index < -0.39 is 5.60 Å². The number of para-hydroxylation sites is 1. The summed E-state index contributed by atoms with van der Waals surface area (Å²) in [6.45, 7) is 5.25. The highest BCUT2D eigenvalue weighted by molar-refractivity contribution is 5.80. The first-order chi connectivity index (χ1) is 22.4. The molecule has 236 valence electrons. The molecule has 2 aliphatic heterocycles. The van der Waals surface area contributed by atoms with Gasteiger partial charge in [0, 0.05) is 56.1 Å². The molecular weight excluding hydrogens is 578 g/mol. The molecule has 0 saturated carbocycles. The van der Waals surface area contributed by atoms with Crippen molar-refractivity contribution in [3.05, 3.63) is 119 Å². The summed E-state index contributed by atoms with van der Waals surface area (Å²) in [6, 6.07) is 23.8. The summed E-state index contributed by atoms with van der Waals surface area (Å²) in [7, 11) is 0. The first-order valence-corrected chi connectivity index (χ1v) is 16.1. The minimum atomic E-state index is -1.10. The number of benzene rings is 2. The normalized spacial score (nSPS) is 20.2. The number of carbonyl (C=O) groups excluding carboxylic acids is 1. The summed E-state index contributed by atoms with van der Waals surface area (Å²) in [5.74, 6) is 0.831. The van der Waals surface area contributed by atoms with Crippen LogP contribution in [0.4, 0.5) is 0 Å². The Kier molecular flexibility index (Phi) is 8.23. The number of amides is 1. The van der Waals surface area contributed by atoms with Crippen LogP contribution in [0.1, 0.15) is 42.3 Å². The van der Waals surface area contributed by atoms with Gasteiger partial charge in [0.15, 0.2) is 5.65 Å². The SMILES string of the molecule is Cc1nccc(CN2CC[C@@H](C(=O)N3CCC(O)(Cn4cnc5c(ccn5-c5ccccc5)c4=O)CC3)[C@H](c3ccccc3)C2)n1. The molecule has 5 heterocycles. The van der Waals surface area contributed by atoms with Crippen molar-refractivity contribution in [1.29, 1.82) is 0 Å². The number of carbonyl (C=O) groups is 1. The van der Waals surface area contributed by atoms with Crippen LogP contribution in [0.2, 0.25) is 0 Å². The molecule has 0 aliphatic carbocycles. The topological polar surface area (TPSA) is 109 Å². The van der Waals surface area contributed by atoms with Crippen molar-refractivity contribution in [2.24, 2.45) is 5.92 Å². The zero-order valence-electron chi connectivity index (χ0n) is 26.1. The Morgan fingerprint density at radius 2 is 1.70 bits per heavy atom. The van der Waals surface area contributed by atoms with Gasteiger partial charge in [0.25, 0.3) is 5.56 Å². The van der Waals surface area contributed by atoms with Crippen molar-refractivity contribution >= 4 is 16.9 Å². The van der Waals surface area contributed by atoms with Crippen LogP contribution in [0.25, 0.3) is 16.7 Å². The number of hydrogen-bond donors (Lipinski definition) is 1. The summed E-state index contributed by atoms with van der Waals surface area (Å²) in [5, 5.41) is 12.1. The minimum absolute atomic E-state index is 0.0609. The Bertz CT molecular complexity index is 1880. The number of aromatic nitrogens is 5. The molecule has 2 saturated heterocycles. The average Bonchev–Trinajstić information content (AvgIpc) is 3.52. The van der Waals surface area contributed by atoms with Gasteiger partial charge in [-0.15, -0.1) is 0 Å². The standard InChI is InChI=1S/C36H39N7O3/c1-26-37-17-12-28(39-26)22-40-18-13-30(32(23-40)27-8-4-2-5-9-27)34(44)41-20-15-36(46,16-21-41)24-42-25-38-33-31(35(42)45)14-19-43(33)29-10-6-3-7-11-29/h2-12,14,17,19,25,30,32,46H,13,15-16,18,20-24H2,1H3/t30-,32+/m1/s1. The van der Waals surface area contributed by atoms with Crippen molar-refractivity contribution in [3.8, 4) is 5.69 Å². The predicted octanol–water partition coefficient (Wildman–Crippen LogP) is 3.95. The first-order valence-electron chi connectivity index (χ1n) is 16.1. The largest absolute Gasteiger partial charge is 0.388 e. The van der Waals surface area contributed by atoms with E-state index in [1.54, 1.807) is 12.3 Å². The Balaban J connectivity index is 1.03. The minimum Gasteiger partial charge on any atom is -0.388 e. The van der Waals surface area contributed by atoms with Crippen LogP contribution in [0.5, 0.6) is 0 Å². The zero-order valence-corrected chi connectivity index (χ0v) is 26.1. The van der Waals surface area contributed by atoms with E-state index >= 15 is 0 Å². The Hall–Kier alpha value is -4.67. The molecule has 2 aliphatic rings. The van der Waals surface area contributed by atoms with Gasteiger partial charge in [0.1, 0.15) is 12.2 Å². The lowest BCUT2D eigenvalue weighted by atomic mass is 9.79. The molecule has 0 bridgehead atoms. The van der Waals surface area contributed by atoms with Gasteiger partial charge >= 0.3 is 0 Å². The number of piperidine rings is 2. The van der Waals surface area contributed by atoms with E-state index in [1.807, 2.05) is 77.2 Å². The molecule has 46 heavy (non-hydrogen) atoms. The number of hydrogen-bond acceptors (Lipinski definition) is 7. The highest BCUT2D eigenvalue weighted by Gasteiger charge is 2.41. The van der Waals surface area contributed by atoms with Gasteiger partial charge in [-0.25, -0.2) is 15.0 Å². The highest BCUT2D eigenvalue weighted by atomic mass is 16.3. The van der Waals surface area contributed by atoms with Gasteiger partial charge in [-0.05, 0) is 62.6 Å². The Morgan fingerprint density at radius 1 is 0.957 bits per heavy atom. The van der Waals surface area contributed by atoms with E-state index in [4.69, 9.17) is 0 Å². The maximum Gasteiger partial charge on any atom is 0.262 e. The fourth-order valence-electron chi connectivity index (χ4n) is 7.14. The number of aliphatic hydroxyl groups is 1. The fourth-order valence-corrected chi connectivity index (χ4v) is 7.14.